The predicted molar refractivity (Wildman–Crippen MR) is 158 cm³/mol. The van der Waals surface area contributed by atoms with Gasteiger partial charge in [-0.25, -0.2) is 4.98 Å². The molecule has 0 N–H and O–H groups in total. The summed E-state index contributed by atoms with van der Waals surface area (Å²) in [6.45, 7) is 0. The molecular weight excluding hydrogens is 462 g/mol. The van der Waals surface area contributed by atoms with E-state index in [-0.39, 0.29) is 0 Å². The Kier molecular flexibility index (Phi) is 4.52. The minimum absolute atomic E-state index is 0.890. The third-order valence-electron chi connectivity index (χ3n) is 7.55. The fourth-order valence-electron chi connectivity index (χ4n) is 5.82. The number of hydrogen-bond donors (Lipinski definition) is 0. The van der Waals surface area contributed by atoms with Gasteiger partial charge in [-0.05, 0) is 58.3 Å². The Hall–Kier alpha value is -5.15. The van der Waals surface area contributed by atoms with Crippen LogP contribution in [0.15, 0.2) is 140 Å². The van der Waals surface area contributed by atoms with E-state index in [1.807, 2.05) is 0 Å². The first-order valence-corrected chi connectivity index (χ1v) is 12.9. The number of para-hydroxylation sites is 4. The Balaban J connectivity index is 1.37. The first-order valence-electron chi connectivity index (χ1n) is 12.9. The van der Waals surface area contributed by atoms with Crippen molar-refractivity contribution in [3.8, 4) is 27.9 Å². The van der Waals surface area contributed by atoms with Crippen LogP contribution in [0, 0.1) is 0 Å². The molecule has 6 aromatic carbocycles. The normalized spacial score (nSPS) is 12.2. The van der Waals surface area contributed by atoms with E-state index in [2.05, 4.69) is 149 Å². The van der Waals surface area contributed by atoms with Crippen LogP contribution in [0.5, 0.6) is 0 Å². The number of aromatic nitrogens is 2. The number of hydrogen-bond acceptors (Lipinski definition) is 2. The molecule has 1 aliphatic heterocycles. The van der Waals surface area contributed by atoms with Crippen molar-refractivity contribution in [2.24, 2.45) is 0 Å². The van der Waals surface area contributed by atoms with E-state index in [1.165, 1.54) is 33.0 Å². The van der Waals surface area contributed by atoms with Crippen LogP contribution in [0.1, 0.15) is 0 Å². The molecule has 3 heteroatoms. The molecule has 0 spiro atoms. The van der Waals surface area contributed by atoms with Crippen LogP contribution in [-0.4, -0.2) is 9.55 Å². The Bertz CT molecular complexity index is 1980. The van der Waals surface area contributed by atoms with Crippen LogP contribution in [0.2, 0.25) is 0 Å². The molecule has 0 radical (unpaired) electrons. The van der Waals surface area contributed by atoms with Crippen LogP contribution in [0.3, 0.4) is 0 Å². The number of rotatable bonds is 2. The fourth-order valence-corrected chi connectivity index (χ4v) is 5.82. The zero-order chi connectivity index (χ0) is 25.1. The maximum absolute atomic E-state index is 5.18. The molecule has 178 valence electrons. The van der Waals surface area contributed by atoms with Crippen LogP contribution in [-0.2, 0) is 0 Å². The third kappa shape index (κ3) is 3.06. The van der Waals surface area contributed by atoms with Crippen molar-refractivity contribution in [3.05, 3.63) is 140 Å². The van der Waals surface area contributed by atoms with E-state index in [1.54, 1.807) is 0 Å². The molecule has 0 saturated carbocycles. The van der Waals surface area contributed by atoms with Crippen molar-refractivity contribution < 1.29 is 0 Å². The summed E-state index contributed by atoms with van der Waals surface area (Å²) in [4.78, 5) is 7.47. The average Bonchev–Trinajstić information content (AvgIpc) is 3.31. The highest BCUT2D eigenvalue weighted by Crippen LogP contribution is 2.47. The summed E-state index contributed by atoms with van der Waals surface area (Å²) in [6.07, 6.45) is 0. The Morgan fingerprint density at radius 3 is 1.97 bits per heavy atom. The molecule has 0 amide bonds. The highest BCUT2D eigenvalue weighted by Gasteiger charge is 2.28. The maximum atomic E-state index is 5.18. The SMILES string of the molecule is c1ccc2c(c1)-c1ccccc1-n1c(nc3ccccc31)N2c1ccc(-c2cccc3ccccc23)cc1. The molecule has 0 fully saturated rings. The number of benzene rings is 6. The second-order valence-corrected chi connectivity index (χ2v) is 9.68. The molecule has 0 atom stereocenters. The lowest BCUT2D eigenvalue weighted by atomic mass is 9.98. The van der Waals surface area contributed by atoms with Crippen LogP contribution in [0.25, 0.3) is 49.7 Å². The minimum Gasteiger partial charge on any atom is -0.280 e. The third-order valence-corrected chi connectivity index (χ3v) is 7.55. The predicted octanol–water partition coefficient (Wildman–Crippen LogP) is 9.30. The number of nitrogens with zero attached hydrogens (tertiary/aromatic N) is 3. The average molecular weight is 486 g/mol. The summed E-state index contributed by atoms with van der Waals surface area (Å²) in [5.41, 5.74) is 10.2. The van der Waals surface area contributed by atoms with Gasteiger partial charge < -0.3 is 0 Å². The van der Waals surface area contributed by atoms with Gasteiger partial charge in [0.05, 0.1) is 22.4 Å². The molecular formula is C35H23N3. The van der Waals surface area contributed by atoms with Gasteiger partial charge in [0.15, 0.2) is 0 Å². The number of fused-ring (bicyclic) bond motifs is 8. The quantitative estimate of drug-likeness (QED) is 0.243. The molecule has 2 heterocycles. The topological polar surface area (TPSA) is 21.1 Å². The molecule has 38 heavy (non-hydrogen) atoms. The smallest absolute Gasteiger partial charge is 0.220 e. The molecule has 1 aliphatic rings. The van der Waals surface area contributed by atoms with Gasteiger partial charge >= 0.3 is 0 Å². The summed E-state index contributed by atoms with van der Waals surface area (Å²) in [6, 6.07) is 49.6. The number of imidazole rings is 1. The van der Waals surface area contributed by atoms with Crippen molar-refractivity contribution in [2.75, 3.05) is 4.90 Å². The van der Waals surface area contributed by atoms with E-state index in [4.69, 9.17) is 4.98 Å². The molecule has 1 aromatic heterocycles. The van der Waals surface area contributed by atoms with Gasteiger partial charge in [0.2, 0.25) is 5.95 Å². The summed E-state index contributed by atoms with van der Waals surface area (Å²) < 4.78 is 2.29. The molecule has 0 unspecified atom stereocenters. The lowest BCUT2D eigenvalue weighted by molar-refractivity contribution is 1.05. The lowest BCUT2D eigenvalue weighted by Gasteiger charge is -2.24. The van der Waals surface area contributed by atoms with Crippen molar-refractivity contribution in [1.29, 1.82) is 0 Å². The van der Waals surface area contributed by atoms with Crippen molar-refractivity contribution >= 4 is 39.1 Å². The Morgan fingerprint density at radius 1 is 0.474 bits per heavy atom. The lowest BCUT2D eigenvalue weighted by Crippen LogP contribution is -2.14. The second kappa shape index (κ2) is 8.19. The van der Waals surface area contributed by atoms with Gasteiger partial charge in [-0.2, -0.15) is 0 Å². The van der Waals surface area contributed by atoms with Crippen LogP contribution >= 0.6 is 0 Å². The van der Waals surface area contributed by atoms with Crippen LogP contribution < -0.4 is 4.90 Å². The van der Waals surface area contributed by atoms with Gasteiger partial charge in [0.1, 0.15) is 0 Å². The fraction of sp³-hybridized carbons (Fsp3) is 0. The van der Waals surface area contributed by atoms with Crippen molar-refractivity contribution in [3.63, 3.8) is 0 Å². The summed E-state index contributed by atoms with van der Waals surface area (Å²) in [5.74, 6) is 0.890. The van der Waals surface area contributed by atoms with Gasteiger partial charge in [-0.1, -0.05) is 103 Å². The summed E-state index contributed by atoms with van der Waals surface area (Å²) in [7, 11) is 0. The first kappa shape index (κ1) is 21.0. The minimum atomic E-state index is 0.890. The molecule has 0 bridgehead atoms. The van der Waals surface area contributed by atoms with E-state index in [0.717, 1.165) is 34.0 Å². The monoisotopic (exact) mass is 485 g/mol. The Morgan fingerprint density at radius 2 is 1.11 bits per heavy atom. The molecule has 0 saturated heterocycles. The van der Waals surface area contributed by atoms with Crippen LogP contribution in [0.4, 0.5) is 17.3 Å². The van der Waals surface area contributed by atoms with Gasteiger partial charge in [-0.3, -0.25) is 9.47 Å². The second-order valence-electron chi connectivity index (χ2n) is 9.68. The van der Waals surface area contributed by atoms with E-state index in [9.17, 15) is 0 Å². The summed E-state index contributed by atoms with van der Waals surface area (Å²) in [5, 5.41) is 2.52. The first-order chi connectivity index (χ1) is 18.9. The molecule has 3 nitrogen and oxygen atoms in total. The van der Waals surface area contributed by atoms with E-state index >= 15 is 0 Å². The van der Waals surface area contributed by atoms with Gasteiger partial charge in [0, 0.05) is 16.8 Å². The zero-order valence-corrected chi connectivity index (χ0v) is 20.6. The Labute approximate surface area is 220 Å². The highest BCUT2D eigenvalue weighted by atomic mass is 15.3. The maximum Gasteiger partial charge on any atom is 0.220 e. The van der Waals surface area contributed by atoms with E-state index < -0.39 is 0 Å². The zero-order valence-electron chi connectivity index (χ0n) is 20.6. The van der Waals surface area contributed by atoms with Crippen molar-refractivity contribution in [2.45, 2.75) is 0 Å². The van der Waals surface area contributed by atoms with E-state index in [0.29, 0.717) is 0 Å². The number of anilines is 3. The van der Waals surface area contributed by atoms with Gasteiger partial charge in [0.25, 0.3) is 0 Å². The molecule has 7 aromatic rings. The largest absolute Gasteiger partial charge is 0.280 e. The molecule has 8 rings (SSSR count). The molecule has 0 aliphatic carbocycles. The van der Waals surface area contributed by atoms with Crippen molar-refractivity contribution in [1.82, 2.24) is 9.55 Å². The highest BCUT2D eigenvalue weighted by molar-refractivity contribution is 5.98. The van der Waals surface area contributed by atoms with Gasteiger partial charge in [-0.15, -0.1) is 0 Å². The summed E-state index contributed by atoms with van der Waals surface area (Å²) >= 11 is 0. The standard InChI is InChI=1S/C35H23N3/c1-2-12-27-24(10-1)11-9-15-28(27)25-20-22-26(23-21-25)37-32-17-6-3-13-29(32)30-14-4-7-18-33(30)38-34-19-8-5-16-31(34)36-35(37)38/h1-23H.